The molecule has 1 aromatic rings. The van der Waals surface area contributed by atoms with Crippen LogP contribution in [0.1, 0.15) is 24.5 Å². The first-order valence-electron chi connectivity index (χ1n) is 6.87. The fourth-order valence-electron chi connectivity index (χ4n) is 2.78. The maximum atomic E-state index is 5.93. The van der Waals surface area contributed by atoms with Crippen molar-refractivity contribution >= 4 is 0 Å². The van der Waals surface area contributed by atoms with E-state index in [1.807, 2.05) is 12.1 Å². The second-order valence-corrected chi connectivity index (χ2v) is 4.85. The summed E-state index contributed by atoms with van der Waals surface area (Å²) in [4.78, 5) is 0. The second-order valence-electron chi connectivity index (χ2n) is 4.85. The van der Waals surface area contributed by atoms with Crippen LogP contribution in [0.15, 0.2) is 12.1 Å². The third-order valence-corrected chi connectivity index (χ3v) is 3.79. The highest BCUT2D eigenvalue weighted by Gasteiger charge is 2.30. The summed E-state index contributed by atoms with van der Waals surface area (Å²) in [7, 11) is 4.84. The molecule has 1 aliphatic rings. The number of ether oxygens (including phenoxy) is 4. The molecule has 1 saturated heterocycles. The molecular formula is C15H23NO4. The predicted molar refractivity (Wildman–Crippen MR) is 76.6 cm³/mol. The van der Waals surface area contributed by atoms with Crippen LogP contribution in [0.3, 0.4) is 0 Å². The smallest absolute Gasteiger partial charge is 0.203 e. The molecule has 2 atom stereocenters. The van der Waals surface area contributed by atoms with Crippen LogP contribution < -0.4 is 19.9 Å². The quantitative estimate of drug-likeness (QED) is 0.896. The molecule has 1 heterocycles. The zero-order valence-electron chi connectivity index (χ0n) is 12.3. The van der Waals surface area contributed by atoms with Crippen molar-refractivity contribution in [2.75, 3.05) is 34.5 Å². The van der Waals surface area contributed by atoms with E-state index in [1.165, 1.54) is 0 Å². The average molecular weight is 281 g/mol. The van der Waals surface area contributed by atoms with Crippen LogP contribution in [-0.4, -0.2) is 34.5 Å². The van der Waals surface area contributed by atoms with Crippen molar-refractivity contribution in [2.45, 2.75) is 18.9 Å². The van der Waals surface area contributed by atoms with E-state index < -0.39 is 0 Å². The van der Waals surface area contributed by atoms with Crippen molar-refractivity contribution in [3.63, 3.8) is 0 Å². The molecule has 1 fully saturated rings. The molecule has 5 nitrogen and oxygen atoms in total. The van der Waals surface area contributed by atoms with Gasteiger partial charge in [0.15, 0.2) is 11.5 Å². The van der Waals surface area contributed by atoms with E-state index >= 15 is 0 Å². The third kappa shape index (κ3) is 2.69. The van der Waals surface area contributed by atoms with Crippen LogP contribution in [0.4, 0.5) is 0 Å². The summed E-state index contributed by atoms with van der Waals surface area (Å²) in [5, 5.41) is 0. The Labute approximate surface area is 120 Å². The van der Waals surface area contributed by atoms with E-state index in [4.69, 9.17) is 24.7 Å². The SMILES string of the molecule is COc1ccc(C2OCCCC2CN)c(OC)c1OC. The van der Waals surface area contributed by atoms with Crippen molar-refractivity contribution in [1.82, 2.24) is 0 Å². The van der Waals surface area contributed by atoms with E-state index in [1.54, 1.807) is 21.3 Å². The Morgan fingerprint density at radius 1 is 1.15 bits per heavy atom. The molecular weight excluding hydrogens is 258 g/mol. The summed E-state index contributed by atoms with van der Waals surface area (Å²) in [6.07, 6.45) is 2.07. The Balaban J connectivity index is 2.44. The molecule has 1 aromatic carbocycles. The highest BCUT2D eigenvalue weighted by molar-refractivity contribution is 5.56. The van der Waals surface area contributed by atoms with Crippen molar-refractivity contribution in [1.29, 1.82) is 0 Å². The molecule has 2 unspecified atom stereocenters. The van der Waals surface area contributed by atoms with Crippen molar-refractivity contribution in [3.8, 4) is 17.2 Å². The van der Waals surface area contributed by atoms with Gasteiger partial charge in [-0.3, -0.25) is 0 Å². The zero-order valence-corrected chi connectivity index (χ0v) is 12.3. The van der Waals surface area contributed by atoms with Gasteiger partial charge < -0.3 is 24.7 Å². The Hall–Kier alpha value is -1.46. The number of hydrogen-bond donors (Lipinski definition) is 1. The lowest BCUT2D eigenvalue weighted by Crippen LogP contribution is -2.29. The molecule has 1 aliphatic heterocycles. The van der Waals surface area contributed by atoms with Gasteiger partial charge >= 0.3 is 0 Å². The van der Waals surface area contributed by atoms with Gasteiger partial charge in [-0.25, -0.2) is 0 Å². The van der Waals surface area contributed by atoms with E-state index in [9.17, 15) is 0 Å². The first-order chi connectivity index (χ1) is 9.76. The Bertz CT molecular complexity index is 450. The zero-order chi connectivity index (χ0) is 14.5. The molecule has 112 valence electrons. The van der Waals surface area contributed by atoms with Crippen molar-refractivity contribution in [3.05, 3.63) is 17.7 Å². The Morgan fingerprint density at radius 2 is 1.90 bits per heavy atom. The van der Waals surface area contributed by atoms with Gasteiger partial charge in [-0.1, -0.05) is 0 Å². The molecule has 0 spiro atoms. The van der Waals surface area contributed by atoms with Crippen LogP contribution >= 0.6 is 0 Å². The molecule has 0 radical (unpaired) electrons. The summed E-state index contributed by atoms with van der Waals surface area (Å²) < 4.78 is 22.2. The molecule has 0 bridgehead atoms. The Morgan fingerprint density at radius 3 is 2.50 bits per heavy atom. The van der Waals surface area contributed by atoms with Gasteiger partial charge in [-0.2, -0.15) is 0 Å². The fraction of sp³-hybridized carbons (Fsp3) is 0.600. The predicted octanol–water partition coefficient (Wildman–Crippen LogP) is 2.14. The van der Waals surface area contributed by atoms with E-state index in [0.717, 1.165) is 25.0 Å². The lowest BCUT2D eigenvalue weighted by molar-refractivity contribution is -0.0264. The molecule has 20 heavy (non-hydrogen) atoms. The number of hydrogen-bond acceptors (Lipinski definition) is 5. The van der Waals surface area contributed by atoms with E-state index in [0.29, 0.717) is 29.7 Å². The maximum absolute atomic E-state index is 5.93. The molecule has 0 aromatic heterocycles. The molecule has 2 N–H and O–H groups in total. The summed E-state index contributed by atoms with van der Waals surface area (Å²) >= 11 is 0. The minimum atomic E-state index is -0.0523. The summed E-state index contributed by atoms with van der Waals surface area (Å²) in [6.45, 7) is 1.35. The monoisotopic (exact) mass is 281 g/mol. The van der Waals surface area contributed by atoms with Gasteiger partial charge in [0.2, 0.25) is 5.75 Å². The minimum Gasteiger partial charge on any atom is -0.493 e. The maximum Gasteiger partial charge on any atom is 0.203 e. The standard InChI is InChI=1S/C15H23NO4/c1-17-12-7-6-11(14(18-2)15(12)19-3)13-10(9-16)5-4-8-20-13/h6-7,10,13H,4-5,8-9,16H2,1-3H3. The first kappa shape index (κ1) is 14.9. The van der Waals surface area contributed by atoms with Crippen LogP contribution in [0.2, 0.25) is 0 Å². The van der Waals surface area contributed by atoms with E-state index in [2.05, 4.69) is 0 Å². The van der Waals surface area contributed by atoms with Gasteiger partial charge in [0.05, 0.1) is 27.4 Å². The van der Waals surface area contributed by atoms with Crippen molar-refractivity contribution < 1.29 is 18.9 Å². The lowest BCUT2D eigenvalue weighted by atomic mass is 9.89. The molecule has 2 rings (SSSR count). The molecule has 0 aliphatic carbocycles. The first-order valence-corrected chi connectivity index (χ1v) is 6.87. The third-order valence-electron chi connectivity index (χ3n) is 3.79. The largest absolute Gasteiger partial charge is 0.493 e. The fourth-order valence-corrected chi connectivity index (χ4v) is 2.78. The summed E-state index contributed by atoms with van der Waals surface area (Å²) in [6, 6.07) is 3.85. The lowest BCUT2D eigenvalue weighted by Gasteiger charge is -2.32. The highest BCUT2D eigenvalue weighted by atomic mass is 16.5. The van der Waals surface area contributed by atoms with Gasteiger partial charge in [0.25, 0.3) is 0 Å². The van der Waals surface area contributed by atoms with Crippen LogP contribution in [0.25, 0.3) is 0 Å². The van der Waals surface area contributed by atoms with E-state index in [-0.39, 0.29) is 6.10 Å². The average Bonchev–Trinajstić information content (AvgIpc) is 2.53. The summed E-state index contributed by atoms with van der Waals surface area (Å²) in [5.41, 5.74) is 6.84. The number of rotatable bonds is 5. The topological polar surface area (TPSA) is 62.9 Å². The summed E-state index contributed by atoms with van der Waals surface area (Å²) in [5.74, 6) is 2.21. The number of benzene rings is 1. The normalized spacial score (nSPS) is 22.4. The molecule has 0 amide bonds. The van der Waals surface area contributed by atoms with Crippen LogP contribution in [0.5, 0.6) is 17.2 Å². The van der Waals surface area contributed by atoms with Crippen LogP contribution in [-0.2, 0) is 4.74 Å². The minimum absolute atomic E-state index is 0.0523. The Kier molecular flexibility index (Phi) is 5.09. The van der Waals surface area contributed by atoms with Crippen LogP contribution in [0, 0.1) is 5.92 Å². The number of nitrogens with two attached hydrogens (primary N) is 1. The molecule has 5 heteroatoms. The van der Waals surface area contributed by atoms with Gasteiger partial charge in [0, 0.05) is 18.1 Å². The number of methoxy groups -OCH3 is 3. The molecule has 0 saturated carbocycles. The second kappa shape index (κ2) is 6.81. The van der Waals surface area contributed by atoms with Crippen molar-refractivity contribution in [2.24, 2.45) is 11.7 Å². The van der Waals surface area contributed by atoms with Gasteiger partial charge in [-0.05, 0) is 31.5 Å². The highest BCUT2D eigenvalue weighted by Crippen LogP contribution is 2.46. The van der Waals surface area contributed by atoms with Gasteiger partial charge in [0.1, 0.15) is 0 Å². The van der Waals surface area contributed by atoms with Gasteiger partial charge in [-0.15, -0.1) is 0 Å².